The van der Waals surface area contributed by atoms with Crippen LogP contribution in [0.15, 0.2) is 59.1 Å². The Morgan fingerprint density at radius 3 is 2.67 bits per heavy atom. The van der Waals surface area contributed by atoms with Gasteiger partial charge in [-0.1, -0.05) is 42.5 Å². The second-order valence-corrected chi connectivity index (χ2v) is 5.92. The largest absolute Gasteiger partial charge is 0.334 e. The van der Waals surface area contributed by atoms with Gasteiger partial charge in [0.2, 0.25) is 0 Å². The average Bonchev–Trinajstić information content (AvgIpc) is 3.07. The van der Waals surface area contributed by atoms with Crippen LogP contribution < -0.4 is 10.6 Å². The Balaban J connectivity index is 1.69. The summed E-state index contributed by atoms with van der Waals surface area (Å²) in [5.41, 5.74) is 1.26. The second kappa shape index (κ2) is 7.01. The average molecular weight is 339 g/mol. The van der Waals surface area contributed by atoms with Crippen molar-refractivity contribution in [3.8, 4) is 0 Å². The molecule has 0 fully saturated rings. The van der Waals surface area contributed by atoms with E-state index >= 15 is 0 Å². The van der Waals surface area contributed by atoms with Crippen LogP contribution in [0.2, 0.25) is 0 Å². The molecule has 0 spiro atoms. The van der Waals surface area contributed by atoms with Crippen LogP contribution in [0.5, 0.6) is 0 Å². The van der Waals surface area contributed by atoms with Crippen LogP contribution in [-0.2, 0) is 6.54 Å². The van der Waals surface area contributed by atoms with E-state index in [0.717, 1.165) is 27.7 Å². The van der Waals surface area contributed by atoms with E-state index in [-0.39, 0.29) is 10.6 Å². The van der Waals surface area contributed by atoms with Gasteiger partial charge in [-0.15, -0.1) is 16.2 Å². The molecular weight excluding hydrogens is 326 g/mol. The van der Waals surface area contributed by atoms with Crippen LogP contribution in [0.25, 0.3) is 10.8 Å². The monoisotopic (exact) mass is 339 g/mol. The molecule has 3 amide bonds. The molecule has 0 saturated carbocycles. The summed E-state index contributed by atoms with van der Waals surface area (Å²) in [6.45, 7) is 0.340. The summed E-state index contributed by atoms with van der Waals surface area (Å²) in [6.07, 6.45) is 0. The molecule has 1 heterocycles. The maximum absolute atomic E-state index is 12.0. The van der Waals surface area contributed by atoms with Crippen LogP contribution in [0.1, 0.15) is 15.2 Å². The van der Waals surface area contributed by atoms with Crippen LogP contribution in [0, 0.1) is 4.91 Å². The number of benzene rings is 2. The Hall–Kier alpha value is -3.06. The Morgan fingerprint density at radius 2 is 1.83 bits per heavy atom. The van der Waals surface area contributed by atoms with Gasteiger partial charge in [-0.2, -0.15) is 0 Å². The van der Waals surface area contributed by atoms with E-state index in [1.807, 2.05) is 42.5 Å². The molecule has 0 atom stereocenters. The number of hydrogen-bond acceptors (Lipinski definition) is 4. The van der Waals surface area contributed by atoms with Crippen LogP contribution in [-0.4, -0.2) is 11.9 Å². The summed E-state index contributed by atoms with van der Waals surface area (Å²) in [5.74, 6) is -0.894. The van der Waals surface area contributed by atoms with Crippen molar-refractivity contribution in [2.45, 2.75) is 6.54 Å². The summed E-state index contributed by atoms with van der Waals surface area (Å²) >= 11 is 1.05. The number of carbonyl (C=O) groups is 2. The molecule has 7 heteroatoms. The van der Waals surface area contributed by atoms with Gasteiger partial charge in [0, 0.05) is 11.7 Å². The fraction of sp³-hybridized carbons (Fsp3) is 0.0588. The van der Waals surface area contributed by atoms with Gasteiger partial charge in [-0.3, -0.25) is 4.79 Å². The van der Waals surface area contributed by atoms with Crippen molar-refractivity contribution in [2.75, 3.05) is 5.32 Å². The number of rotatable bonds is 4. The standard InChI is InChI=1S/C17H13N3O3S/c21-16(20-23)15-14(8-9-24-15)19-17(22)18-10-12-6-3-5-11-4-1-2-7-13(11)12/h1-9H,10H2,(H2,18,19,22). The summed E-state index contributed by atoms with van der Waals surface area (Å²) in [6, 6.07) is 14.9. The minimum absolute atomic E-state index is 0.116. The molecule has 3 aromatic rings. The number of carbonyl (C=O) groups excluding carboxylic acids is 2. The molecule has 2 N–H and O–H groups in total. The lowest BCUT2D eigenvalue weighted by molar-refractivity contribution is 0.101. The van der Waals surface area contributed by atoms with Crippen molar-refractivity contribution < 1.29 is 9.59 Å². The van der Waals surface area contributed by atoms with E-state index in [9.17, 15) is 14.5 Å². The molecule has 0 saturated heterocycles. The number of nitroso groups, excluding NO2 is 1. The smallest absolute Gasteiger partial charge is 0.328 e. The molecule has 6 nitrogen and oxygen atoms in total. The van der Waals surface area contributed by atoms with Gasteiger partial charge in [0.1, 0.15) is 4.88 Å². The minimum Gasteiger partial charge on any atom is -0.334 e. The van der Waals surface area contributed by atoms with Gasteiger partial charge in [0.05, 0.1) is 5.69 Å². The topological polar surface area (TPSA) is 87.6 Å². The Kier molecular flexibility index (Phi) is 4.62. The van der Waals surface area contributed by atoms with Crippen molar-refractivity contribution >= 4 is 39.7 Å². The normalized spacial score (nSPS) is 10.3. The first-order valence-corrected chi connectivity index (χ1v) is 8.03. The number of fused-ring (bicyclic) bond motifs is 1. The van der Waals surface area contributed by atoms with Crippen LogP contribution >= 0.6 is 11.3 Å². The lowest BCUT2D eigenvalue weighted by Crippen LogP contribution is -2.28. The van der Waals surface area contributed by atoms with E-state index in [0.29, 0.717) is 6.54 Å². The quantitative estimate of drug-likeness (QED) is 0.701. The van der Waals surface area contributed by atoms with E-state index in [1.54, 1.807) is 11.4 Å². The molecule has 120 valence electrons. The summed E-state index contributed by atoms with van der Waals surface area (Å²) in [7, 11) is 0. The highest BCUT2D eigenvalue weighted by Crippen LogP contribution is 2.23. The minimum atomic E-state index is -0.894. The van der Waals surface area contributed by atoms with Gasteiger partial charge in [0.25, 0.3) is 0 Å². The third kappa shape index (κ3) is 3.31. The number of hydrogen-bond donors (Lipinski definition) is 2. The van der Waals surface area contributed by atoms with E-state index < -0.39 is 11.9 Å². The fourth-order valence-corrected chi connectivity index (χ4v) is 3.13. The molecule has 24 heavy (non-hydrogen) atoms. The SMILES string of the molecule is O=NC(=O)c1sccc1NC(=O)NCc1cccc2ccccc12. The summed E-state index contributed by atoms with van der Waals surface area (Å²) in [4.78, 5) is 33.9. The van der Waals surface area contributed by atoms with Crippen molar-refractivity contribution in [2.24, 2.45) is 5.18 Å². The Bertz CT molecular complexity index is 915. The molecule has 0 aliphatic carbocycles. The number of nitrogens with zero attached hydrogens (tertiary/aromatic N) is 1. The van der Waals surface area contributed by atoms with E-state index in [1.165, 1.54) is 0 Å². The Morgan fingerprint density at radius 1 is 1.04 bits per heavy atom. The molecule has 0 bridgehead atoms. The lowest BCUT2D eigenvalue weighted by atomic mass is 10.0. The van der Waals surface area contributed by atoms with Gasteiger partial charge in [-0.25, -0.2) is 4.79 Å². The van der Waals surface area contributed by atoms with Crippen molar-refractivity contribution in [1.29, 1.82) is 0 Å². The number of thiophene rings is 1. The molecule has 3 rings (SSSR count). The summed E-state index contributed by atoms with van der Waals surface area (Å²) < 4.78 is 0. The zero-order chi connectivity index (χ0) is 16.9. The third-order valence-electron chi connectivity index (χ3n) is 3.51. The van der Waals surface area contributed by atoms with Crippen molar-refractivity contribution in [3.05, 3.63) is 69.3 Å². The highest BCUT2D eigenvalue weighted by atomic mass is 32.1. The maximum Gasteiger partial charge on any atom is 0.328 e. The van der Waals surface area contributed by atoms with E-state index in [4.69, 9.17) is 0 Å². The molecule has 0 radical (unpaired) electrons. The number of nitrogens with one attached hydrogen (secondary N) is 2. The van der Waals surface area contributed by atoms with Crippen LogP contribution in [0.4, 0.5) is 10.5 Å². The third-order valence-corrected chi connectivity index (χ3v) is 4.41. The number of urea groups is 1. The zero-order valence-corrected chi connectivity index (χ0v) is 13.3. The lowest BCUT2D eigenvalue weighted by Gasteiger charge is -2.09. The molecule has 1 aromatic heterocycles. The molecular formula is C17H13N3O3S. The van der Waals surface area contributed by atoms with Gasteiger partial charge in [-0.05, 0) is 27.8 Å². The van der Waals surface area contributed by atoms with Gasteiger partial charge >= 0.3 is 11.9 Å². The Labute approximate surface area is 141 Å². The number of amides is 3. The van der Waals surface area contributed by atoms with Crippen LogP contribution in [0.3, 0.4) is 0 Å². The van der Waals surface area contributed by atoms with Crippen molar-refractivity contribution in [3.63, 3.8) is 0 Å². The molecule has 0 aliphatic heterocycles. The van der Waals surface area contributed by atoms with Gasteiger partial charge < -0.3 is 10.6 Å². The summed E-state index contributed by atoms with van der Waals surface area (Å²) in [5, 5.41) is 11.5. The zero-order valence-electron chi connectivity index (χ0n) is 12.5. The van der Waals surface area contributed by atoms with E-state index in [2.05, 4.69) is 15.8 Å². The molecule has 0 unspecified atom stereocenters. The second-order valence-electron chi connectivity index (χ2n) is 5.01. The fourth-order valence-electron chi connectivity index (χ4n) is 2.40. The maximum atomic E-state index is 12.0. The highest BCUT2D eigenvalue weighted by molar-refractivity contribution is 7.12. The predicted molar refractivity (Wildman–Crippen MR) is 94.3 cm³/mol. The first kappa shape index (κ1) is 15.8. The first-order chi connectivity index (χ1) is 11.7. The molecule has 2 aromatic carbocycles. The number of anilines is 1. The highest BCUT2D eigenvalue weighted by Gasteiger charge is 2.15. The van der Waals surface area contributed by atoms with Crippen molar-refractivity contribution in [1.82, 2.24) is 5.32 Å². The predicted octanol–water partition coefficient (Wildman–Crippen LogP) is 4.13. The van der Waals surface area contributed by atoms with Gasteiger partial charge in [0.15, 0.2) is 0 Å². The first-order valence-electron chi connectivity index (χ1n) is 7.15. The molecule has 0 aliphatic rings.